The van der Waals surface area contributed by atoms with E-state index < -0.39 is 5.91 Å². The number of aromatic hydroxyl groups is 3. The first-order chi connectivity index (χ1) is 8.97. The molecule has 0 aliphatic heterocycles. The summed E-state index contributed by atoms with van der Waals surface area (Å²) in [5, 5.41) is 30.5. The van der Waals surface area contributed by atoms with Gasteiger partial charge >= 0.3 is 0 Å². The van der Waals surface area contributed by atoms with E-state index in [4.69, 9.17) is 0 Å². The van der Waals surface area contributed by atoms with Crippen molar-refractivity contribution in [2.75, 3.05) is 5.32 Å². The number of hydrogen-bond donors (Lipinski definition) is 4. The van der Waals surface area contributed by atoms with Crippen LogP contribution in [0.3, 0.4) is 0 Å². The molecule has 1 amide bonds. The number of carbonyl (C=O) groups is 1. The lowest BCUT2D eigenvalue weighted by Gasteiger charge is -2.07. The molecule has 0 unspecified atom stereocenters. The second-order valence-electron chi connectivity index (χ2n) is 4.16. The summed E-state index contributed by atoms with van der Waals surface area (Å²) in [6.07, 6.45) is 0. The largest absolute Gasteiger partial charge is 0.508 e. The van der Waals surface area contributed by atoms with Crippen LogP contribution in [0.15, 0.2) is 36.4 Å². The fourth-order valence-electron chi connectivity index (χ4n) is 1.60. The van der Waals surface area contributed by atoms with Crippen LogP contribution >= 0.6 is 0 Å². The Balaban J connectivity index is 2.20. The highest BCUT2D eigenvalue weighted by molar-refractivity contribution is 6.04. The van der Waals surface area contributed by atoms with Crippen LogP contribution in [0.1, 0.15) is 15.9 Å². The first kappa shape index (κ1) is 12.8. The van der Waals surface area contributed by atoms with Crippen molar-refractivity contribution in [2.45, 2.75) is 6.92 Å². The molecule has 0 saturated carbocycles. The van der Waals surface area contributed by atoms with Gasteiger partial charge in [0.2, 0.25) is 0 Å². The lowest BCUT2D eigenvalue weighted by molar-refractivity contribution is 0.102. The molecule has 19 heavy (non-hydrogen) atoms. The Kier molecular flexibility index (Phi) is 3.29. The Hall–Kier alpha value is -2.69. The summed E-state index contributed by atoms with van der Waals surface area (Å²) in [4.78, 5) is 11.9. The van der Waals surface area contributed by atoms with Gasteiger partial charge in [-0.2, -0.15) is 0 Å². The number of carbonyl (C=O) groups excluding carboxylic acids is 1. The third kappa shape index (κ3) is 2.77. The first-order valence-corrected chi connectivity index (χ1v) is 5.60. The first-order valence-electron chi connectivity index (χ1n) is 5.60. The Bertz CT molecular complexity index is 637. The zero-order valence-electron chi connectivity index (χ0n) is 10.2. The third-order valence-corrected chi connectivity index (χ3v) is 2.69. The SMILES string of the molecule is Cc1cc(NC(=O)c2ccc(O)c(O)c2)ccc1O. The minimum absolute atomic E-state index is 0.153. The van der Waals surface area contributed by atoms with Crippen LogP contribution in [0.4, 0.5) is 5.69 Å². The monoisotopic (exact) mass is 259 g/mol. The lowest BCUT2D eigenvalue weighted by Crippen LogP contribution is -2.11. The minimum Gasteiger partial charge on any atom is -0.508 e. The number of amides is 1. The van der Waals surface area contributed by atoms with Crippen LogP contribution < -0.4 is 5.32 Å². The van der Waals surface area contributed by atoms with Gasteiger partial charge < -0.3 is 20.6 Å². The molecule has 0 saturated heterocycles. The Labute approximate surface area is 109 Å². The van der Waals surface area contributed by atoms with Crippen molar-refractivity contribution in [1.82, 2.24) is 0 Å². The zero-order chi connectivity index (χ0) is 14.0. The van der Waals surface area contributed by atoms with Crippen molar-refractivity contribution in [1.29, 1.82) is 0 Å². The van der Waals surface area contributed by atoms with Gasteiger partial charge in [0.15, 0.2) is 11.5 Å². The predicted molar refractivity (Wildman–Crippen MR) is 70.6 cm³/mol. The molecule has 4 N–H and O–H groups in total. The third-order valence-electron chi connectivity index (χ3n) is 2.69. The van der Waals surface area contributed by atoms with E-state index in [2.05, 4.69) is 5.32 Å². The standard InChI is InChI=1S/C14H13NO4/c1-8-6-10(3-5-11(8)16)15-14(19)9-2-4-12(17)13(18)7-9/h2-7,16-18H,1H3,(H,15,19). The molecular formula is C14H13NO4. The van der Waals surface area contributed by atoms with Gasteiger partial charge in [0.1, 0.15) is 5.75 Å². The van der Waals surface area contributed by atoms with Gasteiger partial charge in [-0.05, 0) is 48.9 Å². The van der Waals surface area contributed by atoms with Gasteiger partial charge in [-0.1, -0.05) is 0 Å². The molecule has 2 rings (SSSR count). The highest BCUT2D eigenvalue weighted by Crippen LogP contribution is 2.26. The van der Waals surface area contributed by atoms with Crippen molar-refractivity contribution < 1.29 is 20.1 Å². The van der Waals surface area contributed by atoms with Gasteiger partial charge in [0.25, 0.3) is 5.91 Å². The highest BCUT2D eigenvalue weighted by Gasteiger charge is 2.09. The maximum absolute atomic E-state index is 11.9. The molecule has 0 aromatic heterocycles. The summed E-state index contributed by atoms with van der Waals surface area (Å²) in [7, 11) is 0. The summed E-state index contributed by atoms with van der Waals surface area (Å²) in [5.74, 6) is -0.896. The average molecular weight is 259 g/mol. The molecule has 98 valence electrons. The van der Waals surface area contributed by atoms with Crippen molar-refractivity contribution in [2.24, 2.45) is 0 Å². The van der Waals surface area contributed by atoms with E-state index in [0.717, 1.165) is 0 Å². The molecule has 5 nitrogen and oxygen atoms in total. The highest BCUT2D eigenvalue weighted by atomic mass is 16.3. The fraction of sp³-hybridized carbons (Fsp3) is 0.0714. The van der Waals surface area contributed by atoms with Gasteiger partial charge in [0, 0.05) is 11.3 Å². The van der Waals surface area contributed by atoms with Crippen LogP contribution in [0.25, 0.3) is 0 Å². The molecule has 0 heterocycles. The maximum Gasteiger partial charge on any atom is 0.255 e. The second kappa shape index (κ2) is 4.89. The van der Waals surface area contributed by atoms with Crippen LogP contribution in [0.5, 0.6) is 17.2 Å². The van der Waals surface area contributed by atoms with E-state index in [9.17, 15) is 20.1 Å². The molecular weight excluding hydrogens is 246 g/mol. The Morgan fingerprint density at radius 3 is 2.26 bits per heavy atom. The van der Waals surface area contributed by atoms with Crippen molar-refractivity contribution >= 4 is 11.6 Å². The van der Waals surface area contributed by atoms with E-state index in [0.29, 0.717) is 11.3 Å². The van der Waals surface area contributed by atoms with Crippen LogP contribution in [-0.4, -0.2) is 21.2 Å². The summed E-state index contributed by atoms with van der Waals surface area (Å²) in [5.41, 5.74) is 1.40. The van der Waals surface area contributed by atoms with Crippen molar-refractivity contribution in [3.05, 3.63) is 47.5 Å². The lowest BCUT2D eigenvalue weighted by atomic mass is 10.1. The maximum atomic E-state index is 11.9. The molecule has 5 heteroatoms. The van der Waals surface area contributed by atoms with E-state index >= 15 is 0 Å². The van der Waals surface area contributed by atoms with E-state index in [1.807, 2.05) is 0 Å². The topological polar surface area (TPSA) is 89.8 Å². The molecule has 0 spiro atoms. The number of aryl methyl sites for hydroxylation is 1. The number of benzene rings is 2. The minimum atomic E-state index is -0.416. The van der Waals surface area contributed by atoms with Crippen LogP contribution in [-0.2, 0) is 0 Å². The summed E-state index contributed by atoms with van der Waals surface area (Å²) < 4.78 is 0. The predicted octanol–water partition coefficient (Wildman–Crippen LogP) is 2.36. The van der Waals surface area contributed by atoms with E-state index in [1.165, 1.54) is 24.3 Å². The number of hydrogen-bond acceptors (Lipinski definition) is 4. The van der Waals surface area contributed by atoms with Gasteiger partial charge in [0.05, 0.1) is 0 Å². The van der Waals surface area contributed by atoms with Gasteiger partial charge in [-0.3, -0.25) is 4.79 Å². The van der Waals surface area contributed by atoms with Gasteiger partial charge in [-0.15, -0.1) is 0 Å². The van der Waals surface area contributed by atoms with Gasteiger partial charge in [-0.25, -0.2) is 0 Å². The smallest absolute Gasteiger partial charge is 0.255 e. The van der Waals surface area contributed by atoms with E-state index in [-0.39, 0.29) is 22.8 Å². The van der Waals surface area contributed by atoms with E-state index in [1.54, 1.807) is 19.1 Å². The summed E-state index contributed by atoms with van der Waals surface area (Å²) in [6, 6.07) is 8.51. The van der Waals surface area contributed by atoms with Crippen molar-refractivity contribution in [3.63, 3.8) is 0 Å². The fourth-order valence-corrected chi connectivity index (χ4v) is 1.60. The Morgan fingerprint density at radius 1 is 0.947 bits per heavy atom. The zero-order valence-corrected chi connectivity index (χ0v) is 10.2. The average Bonchev–Trinajstić information content (AvgIpc) is 2.37. The van der Waals surface area contributed by atoms with Crippen LogP contribution in [0.2, 0.25) is 0 Å². The summed E-state index contributed by atoms with van der Waals surface area (Å²) in [6.45, 7) is 1.72. The van der Waals surface area contributed by atoms with Crippen molar-refractivity contribution in [3.8, 4) is 17.2 Å². The number of rotatable bonds is 2. The molecule has 0 aliphatic rings. The number of nitrogens with one attached hydrogen (secondary N) is 1. The molecule has 0 atom stereocenters. The number of anilines is 1. The number of phenolic OH excluding ortho intramolecular Hbond substituents is 3. The molecule has 0 aliphatic carbocycles. The number of phenols is 3. The molecule has 0 bridgehead atoms. The Morgan fingerprint density at radius 2 is 1.63 bits per heavy atom. The summed E-state index contributed by atoms with van der Waals surface area (Å²) >= 11 is 0. The normalized spacial score (nSPS) is 10.2. The molecule has 2 aromatic rings. The molecule has 0 radical (unpaired) electrons. The molecule has 2 aromatic carbocycles. The van der Waals surface area contributed by atoms with Crippen LogP contribution in [0, 0.1) is 6.92 Å². The second-order valence-corrected chi connectivity index (χ2v) is 4.16. The quantitative estimate of drug-likeness (QED) is 0.492. The molecule has 0 fully saturated rings.